The molecule has 6 nitrogen and oxygen atoms in total. The van der Waals surface area contributed by atoms with Crippen LogP contribution in [0.15, 0.2) is 42.5 Å². The summed E-state index contributed by atoms with van der Waals surface area (Å²) < 4.78 is 5.36. The molecule has 0 saturated carbocycles. The minimum Gasteiger partial charge on any atom is -0.494 e. The Bertz CT molecular complexity index is 1020. The molecule has 3 N–H and O–H groups in total. The summed E-state index contributed by atoms with van der Waals surface area (Å²) in [6.45, 7) is 2.47. The zero-order chi connectivity index (χ0) is 19.5. The molecule has 1 aliphatic rings. The summed E-state index contributed by atoms with van der Waals surface area (Å²) in [5.41, 5.74) is 9.58. The number of rotatable bonds is 4. The standard InChI is InChI=1S/C22H23N3O3/c1-2-28-16-10-7-14(8-11-16)21(26)24-25-22(27)15-9-12-20-18(13-15)17-5-3-4-6-19(17)23-20/h7-13,23H,2-6H2,1H3,(H,24,26)(H,25,27). The molecule has 4 rings (SSSR count). The fourth-order valence-corrected chi connectivity index (χ4v) is 3.67. The molecule has 0 aliphatic heterocycles. The van der Waals surface area contributed by atoms with Crippen LogP contribution in [0.4, 0.5) is 0 Å². The van der Waals surface area contributed by atoms with Gasteiger partial charge in [-0.15, -0.1) is 0 Å². The third kappa shape index (κ3) is 3.58. The second kappa shape index (κ2) is 7.76. The number of nitrogens with one attached hydrogen (secondary N) is 3. The number of amides is 2. The number of hydrogen-bond acceptors (Lipinski definition) is 3. The lowest BCUT2D eigenvalue weighted by Gasteiger charge is -2.11. The highest BCUT2D eigenvalue weighted by Gasteiger charge is 2.17. The number of aromatic nitrogens is 1. The van der Waals surface area contributed by atoms with Crippen molar-refractivity contribution in [3.8, 4) is 5.75 Å². The number of H-pyrrole nitrogens is 1. The van der Waals surface area contributed by atoms with E-state index in [9.17, 15) is 9.59 Å². The lowest BCUT2D eigenvalue weighted by molar-refractivity contribution is 0.0846. The molecule has 0 atom stereocenters. The van der Waals surface area contributed by atoms with E-state index in [0.717, 1.165) is 23.7 Å². The highest BCUT2D eigenvalue weighted by molar-refractivity contribution is 6.01. The van der Waals surface area contributed by atoms with Crippen LogP contribution in [-0.4, -0.2) is 23.4 Å². The molecule has 3 aromatic rings. The normalized spacial score (nSPS) is 13.0. The average molecular weight is 377 g/mol. The number of hydrazine groups is 1. The van der Waals surface area contributed by atoms with Crippen LogP contribution in [0.25, 0.3) is 10.9 Å². The van der Waals surface area contributed by atoms with Crippen LogP contribution >= 0.6 is 0 Å². The topological polar surface area (TPSA) is 83.2 Å². The zero-order valence-corrected chi connectivity index (χ0v) is 15.8. The lowest BCUT2D eigenvalue weighted by Crippen LogP contribution is -2.41. The molecule has 2 aromatic carbocycles. The Morgan fingerprint density at radius 2 is 1.64 bits per heavy atom. The summed E-state index contributed by atoms with van der Waals surface area (Å²) in [4.78, 5) is 28.2. The van der Waals surface area contributed by atoms with Crippen molar-refractivity contribution in [2.75, 3.05) is 6.61 Å². The SMILES string of the molecule is CCOc1ccc(C(=O)NNC(=O)c2ccc3[nH]c4c(c3c2)CCCC4)cc1. The van der Waals surface area contributed by atoms with Crippen molar-refractivity contribution in [3.05, 3.63) is 64.8 Å². The molecule has 1 aromatic heterocycles. The molecule has 28 heavy (non-hydrogen) atoms. The van der Waals surface area contributed by atoms with Crippen LogP contribution in [-0.2, 0) is 12.8 Å². The highest BCUT2D eigenvalue weighted by Crippen LogP contribution is 2.29. The van der Waals surface area contributed by atoms with Gasteiger partial charge in [0.15, 0.2) is 0 Å². The maximum absolute atomic E-state index is 12.5. The minimum atomic E-state index is -0.378. The van der Waals surface area contributed by atoms with E-state index in [0.29, 0.717) is 23.5 Å². The van der Waals surface area contributed by atoms with Crippen molar-refractivity contribution in [1.29, 1.82) is 0 Å². The molecular formula is C22H23N3O3. The maximum Gasteiger partial charge on any atom is 0.269 e. The number of carbonyl (C=O) groups is 2. The Morgan fingerprint density at radius 1 is 0.964 bits per heavy atom. The van der Waals surface area contributed by atoms with Crippen LogP contribution in [0, 0.1) is 0 Å². The van der Waals surface area contributed by atoms with Gasteiger partial charge in [-0.05, 0) is 80.6 Å². The van der Waals surface area contributed by atoms with E-state index in [1.807, 2.05) is 19.1 Å². The van der Waals surface area contributed by atoms with Gasteiger partial charge in [0, 0.05) is 27.7 Å². The van der Waals surface area contributed by atoms with Gasteiger partial charge in [0.1, 0.15) is 5.75 Å². The molecular weight excluding hydrogens is 354 g/mol. The Kier molecular flexibility index (Phi) is 5.02. The van der Waals surface area contributed by atoms with Crippen LogP contribution in [0.1, 0.15) is 51.7 Å². The largest absolute Gasteiger partial charge is 0.494 e. The van der Waals surface area contributed by atoms with Gasteiger partial charge in [-0.2, -0.15) is 0 Å². The first-order valence-electron chi connectivity index (χ1n) is 9.62. The maximum atomic E-state index is 12.5. The summed E-state index contributed by atoms with van der Waals surface area (Å²) in [5, 5.41) is 1.10. The molecule has 0 bridgehead atoms. The molecule has 0 spiro atoms. The predicted molar refractivity (Wildman–Crippen MR) is 107 cm³/mol. The first-order chi connectivity index (χ1) is 13.7. The third-order valence-electron chi connectivity index (χ3n) is 5.08. The Labute approximate surface area is 163 Å². The van der Waals surface area contributed by atoms with Crippen LogP contribution in [0.5, 0.6) is 5.75 Å². The lowest BCUT2D eigenvalue weighted by atomic mass is 9.95. The van der Waals surface area contributed by atoms with Crippen molar-refractivity contribution < 1.29 is 14.3 Å². The molecule has 1 heterocycles. The molecule has 2 amide bonds. The van der Waals surface area contributed by atoms with Gasteiger partial charge in [-0.3, -0.25) is 20.4 Å². The predicted octanol–water partition coefficient (Wildman–Crippen LogP) is 3.52. The third-order valence-corrected chi connectivity index (χ3v) is 5.08. The summed E-state index contributed by atoms with van der Waals surface area (Å²) in [5.74, 6) is -0.0188. The summed E-state index contributed by atoms with van der Waals surface area (Å²) in [7, 11) is 0. The summed E-state index contributed by atoms with van der Waals surface area (Å²) in [6.07, 6.45) is 4.47. The van der Waals surface area contributed by atoms with Crippen LogP contribution in [0.3, 0.4) is 0 Å². The van der Waals surface area contributed by atoms with Gasteiger partial charge in [-0.25, -0.2) is 0 Å². The van der Waals surface area contributed by atoms with E-state index < -0.39 is 0 Å². The minimum absolute atomic E-state index is 0.341. The van der Waals surface area contributed by atoms with Gasteiger partial charge in [0.25, 0.3) is 11.8 Å². The van der Waals surface area contributed by atoms with Crippen molar-refractivity contribution >= 4 is 22.7 Å². The number of benzene rings is 2. The summed E-state index contributed by atoms with van der Waals surface area (Å²) in [6, 6.07) is 12.4. The average Bonchev–Trinajstić information content (AvgIpc) is 3.10. The van der Waals surface area contributed by atoms with Crippen molar-refractivity contribution in [1.82, 2.24) is 15.8 Å². The van der Waals surface area contributed by atoms with Crippen molar-refractivity contribution in [3.63, 3.8) is 0 Å². The van der Waals surface area contributed by atoms with Gasteiger partial charge in [0.05, 0.1) is 6.61 Å². The van der Waals surface area contributed by atoms with Crippen LogP contribution < -0.4 is 15.6 Å². The molecule has 0 unspecified atom stereocenters. The number of hydrogen-bond donors (Lipinski definition) is 3. The second-order valence-electron chi connectivity index (χ2n) is 6.92. The number of aromatic amines is 1. The Hall–Kier alpha value is -3.28. The number of fused-ring (bicyclic) bond motifs is 3. The van der Waals surface area contributed by atoms with Gasteiger partial charge < -0.3 is 9.72 Å². The van der Waals surface area contributed by atoms with Gasteiger partial charge >= 0.3 is 0 Å². The molecule has 0 radical (unpaired) electrons. The van der Waals surface area contributed by atoms with E-state index in [-0.39, 0.29) is 11.8 Å². The van der Waals surface area contributed by atoms with E-state index in [4.69, 9.17) is 4.74 Å². The van der Waals surface area contributed by atoms with Crippen LogP contribution in [0.2, 0.25) is 0 Å². The molecule has 6 heteroatoms. The molecule has 1 aliphatic carbocycles. The molecule has 0 saturated heterocycles. The van der Waals surface area contributed by atoms with Crippen molar-refractivity contribution in [2.45, 2.75) is 32.6 Å². The molecule has 0 fully saturated rings. The van der Waals surface area contributed by atoms with E-state index >= 15 is 0 Å². The Morgan fingerprint density at radius 3 is 2.39 bits per heavy atom. The number of ether oxygens (including phenoxy) is 1. The first-order valence-corrected chi connectivity index (χ1v) is 9.62. The quantitative estimate of drug-likeness (QED) is 0.608. The van der Waals surface area contributed by atoms with Crippen molar-refractivity contribution in [2.24, 2.45) is 0 Å². The van der Waals surface area contributed by atoms with E-state index in [2.05, 4.69) is 15.8 Å². The smallest absolute Gasteiger partial charge is 0.269 e. The Balaban J connectivity index is 1.44. The number of aryl methyl sites for hydroxylation is 2. The molecule has 144 valence electrons. The monoisotopic (exact) mass is 377 g/mol. The fourth-order valence-electron chi connectivity index (χ4n) is 3.67. The van der Waals surface area contributed by atoms with Gasteiger partial charge in [-0.1, -0.05) is 0 Å². The second-order valence-corrected chi connectivity index (χ2v) is 6.92. The highest BCUT2D eigenvalue weighted by atomic mass is 16.5. The number of carbonyl (C=O) groups excluding carboxylic acids is 2. The van der Waals surface area contributed by atoms with E-state index in [1.165, 1.54) is 24.1 Å². The summed E-state index contributed by atoms with van der Waals surface area (Å²) >= 11 is 0. The first kappa shape index (κ1) is 18.1. The zero-order valence-electron chi connectivity index (χ0n) is 15.8. The van der Waals surface area contributed by atoms with Gasteiger partial charge in [0.2, 0.25) is 0 Å². The van der Waals surface area contributed by atoms with E-state index in [1.54, 1.807) is 30.3 Å². The fraction of sp³-hybridized carbons (Fsp3) is 0.273.